The number of ether oxygens (including phenoxy) is 6. The number of nitrogens with zero attached hydrogens (tertiary/aromatic N) is 3. The van der Waals surface area contributed by atoms with Gasteiger partial charge in [0.2, 0.25) is 0 Å². The van der Waals surface area contributed by atoms with Crippen LogP contribution in [0.25, 0.3) is 22.0 Å². The highest BCUT2D eigenvalue weighted by Crippen LogP contribution is 2.46. The van der Waals surface area contributed by atoms with Gasteiger partial charge in [-0.25, -0.2) is 9.78 Å². The minimum Gasteiger partial charge on any atom is -0.493 e. The van der Waals surface area contributed by atoms with Crippen LogP contribution in [0.1, 0.15) is 22.3 Å². The number of carbonyl (C=O) groups is 2. The quantitative estimate of drug-likeness (QED) is 0.0685. The third-order valence-electron chi connectivity index (χ3n) is 8.13. The third kappa shape index (κ3) is 6.97. The van der Waals surface area contributed by atoms with Crippen LogP contribution < -0.4 is 24.5 Å². The highest BCUT2D eigenvalue weighted by molar-refractivity contribution is 8.76. The fourth-order valence-corrected chi connectivity index (χ4v) is 7.57. The molecule has 48 heavy (non-hydrogen) atoms. The summed E-state index contributed by atoms with van der Waals surface area (Å²) in [5.41, 5.74) is 1.37. The SMILES string of the molecule is COc1cc2c3c(n(CCCN4CCOCC4)c(=O)c2cc1OC)-c1cc(OC)c(OC(=O)OCCSSc2ccccn2)cc1C3=O. The van der Waals surface area contributed by atoms with Gasteiger partial charge >= 0.3 is 6.16 Å². The number of pyridine rings is 2. The molecule has 0 N–H and O–H groups in total. The Morgan fingerprint density at radius 1 is 0.896 bits per heavy atom. The predicted molar refractivity (Wildman–Crippen MR) is 183 cm³/mol. The Balaban J connectivity index is 1.29. The van der Waals surface area contributed by atoms with Crippen LogP contribution in [0.2, 0.25) is 0 Å². The summed E-state index contributed by atoms with van der Waals surface area (Å²) in [6, 6.07) is 12.0. The van der Waals surface area contributed by atoms with Crippen molar-refractivity contribution in [2.24, 2.45) is 0 Å². The summed E-state index contributed by atoms with van der Waals surface area (Å²) in [6.07, 6.45) is 1.46. The Morgan fingerprint density at radius 3 is 2.31 bits per heavy atom. The molecule has 1 aliphatic carbocycles. The summed E-state index contributed by atoms with van der Waals surface area (Å²) in [6.45, 7) is 4.26. The summed E-state index contributed by atoms with van der Waals surface area (Å²) in [7, 11) is 7.41. The second kappa shape index (κ2) is 15.3. The molecule has 2 aliphatic rings. The molecular formula is C34H35N3O9S2. The van der Waals surface area contributed by atoms with Crippen molar-refractivity contribution in [1.82, 2.24) is 14.5 Å². The van der Waals surface area contributed by atoms with Gasteiger partial charge < -0.3 is 33.0 Å². The van der Waals surface area contributed by atoms with Crippen molar-refractivity contribution in [2.45, 2.75) is 18.0 Å². The number of benzene rings is 2. The number of carbonyl (C=O) groups excluding carboxylic acids is 2. The van der Waals surface area contributed by atoms with E-state index in [1.807, 2.05) is 18.2 Å². The van der Waals surface area contributed by atoms with Crippen LogP contribution in [0.4, 0.5) is 4.79 Å². The Bertz CT molecular complexity index is 1880. The van der Waals surface area contributed by atoms with Crippen molar-refractivity contribution in [3.63, 3.8) is 0 Å². The van der Waals surface area contributed by atoms with Gasteiger partial charge in [-0.3, -0.25) is 14.5 Å². The minimum atomic E-state index is -0.929. The first-order valence-corrected chi connectivity index (χ1v) is 17.7. The number of rotatable bonds is 13. The van der Waals surface area contributed by atoms with E-state index in [1.165, 1.54) is 49.0 Å². The van der Waals surface area contributed by atoms with E-state index in [0.29, 0.717) is 71.0 Å². The van der Waals surface area contributed by atoms with Crippen molar-refractivity contribution in [3.8, 4) is 34.3 Å². The molecule has 252 valence electrons. The lowest BCUT2D eigenvalue weighted by molar-refractivity contribution is 0.0369. The van der Waals surface area contributed by atoms with Crippen molar-refractivity contribution >= 4 is 44.3 Å². The van der Waals surface area contributed by atoms with E-state index in [0.717, 1.165) is 24.7 Å². The van der Waals surface area contributed by atoms with Gasteiger partial charge in [0.1, 0.15) is 11.6 Å². The van der Waals surface area contributed by atoms with Gasteiger partial charge in [-0.2, -0.15) is 0 Å². The van der Waals surface area contributed by atoms with Crippen molar-refractivity contribution in [2.75, 3.05) is 66.5 Å². The highest BCUT2D eigenvalue weighted by atomic mass is 33.1. The van der Waals surface area contributed by atoms with Gasteiger partial charge in [0.15, 0.2) is 28.8 Å². The van der Waals surface area contributed by atoms with E-state index in [-0.39, 0.29) is 35.0 Å². The van der Waals surface area contributed by atoms with E-state index in [9.17, 15) is 14.4 Å². The lowest BCUT2D eigenvalue weighted by atomic mass is 10.0. The van der Waals surface area contributed by atoms with Crippen LogP contribution >= 0.6 is 21.6 Å². The first-order valence-electron chi connectivity index (χ1n) is 15.4. The van der Waals surface area contributed by atoms with Gasteiger partial charge in [-0.1, -0.05) is 16.9 Å². The Labute approximate surface area is 285 Å². The second-order valence-corrected chi connectivity index (χ2v) is 13.3. The Morgan fingerprint density at radius 2 is 1.60 bits per heavy atom. The van der Waals surface area contributed by atoms with Gasteiger partial charge in [0.05, 0.1) is 51.2 Å². The number of hydrogen-bond acceptors (Lipinski definition) is 13. The number of aromatic nitrogens is 2. The largest absolute Gasteiger partial charge is 0.514 e. The highest BCUT2D eigenvalue weighted by Gasteiger charge is 2.35. The predicted octanol–water partition coefficient (Wildman–Crippen LogP) is 5.31. The molecule has 0 bridgehead atoms. The fourth-order valence-electron chi connectivity index (χ4n) is 5.87. The number of ketones is 1. The van der Waals surface area contributed by atoms with Crippen LogP contribution in [0.5, 0.6) is 23.0 Å². The smallest absolute Gasteiger partial charge is 0.493 e. The first kappa shape index (κ1) is 33.7. The van der Waals surface area contributed by atoms with Crippen molar-refractivity contribution < 1.29 is 38.0 Å². The van der Waals surface area contributed by atoms with Crippen LogP contribution in [0.15, 0.2) is 58.5 Å². The number of methoxy groups -OCH3 is 3. The zero-order valence-electron chi connectivity index (χ0n) is 26.8. The van der Waals surface area contributed by atoms with Crippen molar-refractivity contribution in [1.29, 1.82) is 0 Å². The summed E-state index contributed by atoms with van der Waals surface area (Å²) in [5.74, 6) is 1.21. The van der Waals surface area contributed by atoms with Crippen LogP contribution in [0, 0.1) is 0 Å². The van der Waals surface area contributed by atoms with E-state index in [1.54, 1.807) is 29.0 Å². The monoisotopic (exact) mass is 693 g/mol. The number of hydrogen-bond donors (Lipinski definition) is 0. The lowest BCUT2D eigenvalue weighted by Gasteiger charge is -2.26. The molecule has 14 heteroatoms. The maximum absolute atomic E-state index is 14.2. The zero-order valence-corrected chi connectivity index (χ0v) is 28.4. The van der Waals surface area contributed by atoms with Gasteiger partial charge in [0.25, 0.3) is 5.56 Å². The molecule has 0 amide bonds. The first-order chi connectivity index (χ1) is 23.4. The molecule has 1 aliphatic heterocycles. The fraction of sp³-hybridized carbons (Fsp3) is 0.353. The van der Waals surface area contributed by atoms with E-state index < -0.39 is 6.16 Å². The summed E-state index contributed by atoms with van der Waals surface area (Å²) in [5, 5.41) is 1.64. The zero-order chi connectivity index (χ0) is 33.6. The molecule has 2 aromatic heterocycles. The summed E-state index contributed by atoms with van der Waals surface area (Å²) in [4.78, 5) is 47.6. The second-order valence-electron chi connectivity index (χ2n) is 10.9. The Kier molecular flexibility index (Phi) is 10.7. The maximum Gasteiger partial charge on any atom is 0.514 e. The maximum atomic E-state index is 14.2. The van der Waals surface area contributed by atoms with Crippen LogP contribution in [-0.2, 0) is 16.0 Å². The molecule has 1 fully saturated rings. The minimum absolute atomic E-state index is 0.0303. The molecule has 6 rings (SSSR count). The Hall–Kier alpha value is -4.24. The van der Waals surface area contributed by atoms with Crippen LogP contribution in [0.3, 0.4) is 0 Å². The molecule has 4 aromatic rings. The van der Waals surface area contributed by atoms with Gasteiger partial charge in [0, 0.05) is 54.6 Å². The average molecular weight is 694 g/mol. The van der Waals surface area contributed by atoms with E-state index in [4.69, 9.17) is 28.4 Å². The topological polar surface area (TPSA) is 128 Å². The molecule has 12 nitrogen and oxygen atoms in total. The molecule has 0 saturated carbocycles. The van der Waals surface area contributed by atoms with Gasteiger partial charge in [-0.15, -0.1) is 0 Å². The molecule has 0 spiro atoms. The molecule has 1 saturated heterocycles. The standard InChI is InChI=1S/C34H35N3O9S2/c1-41-25-17-21-24(20-26(25)42-2)33(39)37(10-6-9-36-11-13-44-14-12-36)31-22-18-27(43-3)28(19-23(22)32(38)30(21)31)46-34(40)45-15-16-47-48-29-7-4-5-8-35-29/h4-5,7-8,17-20H,6,9-16H2,1-3H3. The summed E-state index contributed by atoms with van der Waals surface area (Å²) >= 11 is 0. The van der Waals surface area contributed by atoms with E-state index in [2.05, 4.69) is 9.88 Å². The third-order valence-corrected chi connectivity index (χ3v) is 10.4. The van der Waals surface area contributed by atoms with Crippen LogP contribution in [-0.4, -0.2) is 92.9 Å². The molecule has 0 atom stereocenters. The molecule has 3 heterocycles. The van der Waals surface area contributed by atoms with Crippen molar-refractivity contribution in [3.05, 3.63) is 70.1 Å². The molecule has 2 aromatic carbocycles. The normalized spacial score (nSPS) is 14.0. The number of morpholine rings is 1. The molecule has 0 radical (unpaired) electrons. The molecular weight excluding hydrogens is 659 g/mol. The number of fused-ring (bicyclic) bond motifs is 5. The summed E-state index contributed by atoms with van der Waals surface area (Å²) < 4.78 is 34.6. The van der Waals surface area contributed by atoms with Gasteiger partial charge in [-0.05, 0) is 53.6 Å². The average Bonchev–Trinajstić information content (AvgIpc) is 3.40. The molecule has 0 unspecified atom stereocenters. The van der Waals surface area contributed by atoms with E-state index >= 15 is 0 Å². The lowest BCUT2D eigenvalue weighted by Crippen LogP contribution is -2.37.